The molecule has 0 aliphatic rings. The number of carbonyl (C=O) groups excluding carboxylic acids is 1. The summed E-state index contributed by atoms with van der Waals surface area (Å²) in [7, 11) is 0. The molecule has 1 heterocycles. The number of pyridine rings is 1. The molecule has 0 aliphatic heterocycles. The van der Waals surface area contributed by atoms with Crippen molar-refractivity contribution in [3.63, 3.8) is 0 Å². The Bertz CT molecular complexity index is 452. The quantitative estimate of drug-likeness (QED) is 0.912. The van der Waals surface area contributed by atoms with Crippen LogP contribution < -0.4 is 10.6 Å². The van der Waals surface area contributed by atoms with Crippen molar-refractivity contribution in [2.45, 2.75) is 46.6 Å². The maximum atomic E-state index is 12.1. The monoisotopic (exact) mass is 265 g/mol. The lowest BCUT2D eigenvalue weighted by atomic mass is 10.2. The number of amides is 1. The van der Waals surface area contributed by atoms with E-state index in [-0.39, 0.29) is 6.09 Å². The van der Waals surface area contributed by atoms with Crippen LogP contribution in [-0.2, 0) is 11.2 Å². The van der Waals surface area contributed by atoms with Gasteiger partial charge in [-0.2, -0.15) is 0 Å². The lowest BCUT2D eigenvalue weighted by Gasteiger charge is -2.26. The van der Waals surface area contributed by atoms with E-state index in [9.17, 15) is 4.79 Å². The molecule has 1 aromatic heterocycles. The Morgan fingerprint density at radius 3 is 2.53 bits per heavy atom. The van der Waals surface area contributed by atoms with Gasteiger partial charge in [0.2, 0.25) is 0 Å². The molecule has 0 aromatic carbocycles. The standard InChI is InChI=1S/C14H23N3O2/c1-6-10-8-11(9-16-12(10)15)17(7-2)13(18)19-14(3,4)5/h8-9H,6-7H2,1-5H3,(H2,15,16). The van der Waals surface area contributed by atoms with Gasteiger partial charge in [0.15, 0.2) is 0 Å². The summed E-state index contributed by atoms with van der Waals surface area (Å²) in [4.78, 5) is 17.8. The van der Waals surface area contributed by atoms with Crippen LogP contribution in [0.5, 0.6) is 0 Å². The zero-order valence-electron chi connectivity index (χ0n) is 12.4. The number of aromatic nitrogens is 1. The van der Waals surface area contributed by atoms with Crippen molar-refractivity contribution in [3.05, 3.63) is 17.8 Å². The highest BCUT2D eigenvalue weighted by molar-refractivity contribution is 5.87. The van der Waals surface area contributed by atoms with Gasteiger partial charge in [-0.15, -0.1) is 0 Å². The largest absolute Gasteiger partial charge is 0.443 e. The van der Waals surface area contributed by atoms with Crippen LogP contribution in [-0.4, -0.2) is 23.2 Å². The molecule has 0 saturated carbocycles. The molecule has 5 heteroatoms. The molecule has 0 saturated heterocycles. The normalized spacial score (nSPS) is 11.2. The molecule has 0 atom stereocenters. The molecule has 0 radical (unpaired) electrons. The van der Waals surface area contributed by atoms with E-state index in [2.05, 4.69) is 4.98 Å². The Labute approximate surface area is 114 Å². The fourth-order valence-corrected chi connectivity index (χ4v) is 1.67. The van der Waals surface area contributed by atoms with Crippen LogP contribution in [0.15, 0.2) is 12.3 Å². The maximum Gasteiger partial charge on any atom is 0.414 e. The first-order chi connectivity index (χ1) is 8.78. The van der Waals surface area contributed by atoms with Gasteiger partial charge in [-0.3, -0.25) is 4.90 Å². The number of nitrogens with two attached hydrogens (primary N) is 1. The second kappa shape index (κ2) is 5.91. The minimum Gasteiger partial charge on any atom is -0.443 e. The van der Waals surface area contributed by atoms with Crippen molar-refractivity contribution < 1.29 is 9.53 Å². The second-order valence-electron chi connectivity index (χ2n) is 5.32. The van der Waals surface area contributed by atoms with Crippen LogP contribution in [0.25, 0.3) is 0 Å². The number of rotatable bonds is 3. The van der Waals surface area contributed by atoms with Gasteiger partial charge in [0.05, 0.1) is 11.9 Å². The average molecular weight is 265 g/mol. The molecule has 0 fully saturated rings. The second-order valence-corrected chi connectivity index (χ2v) is 5.32. The molecule has 5 nitrogen and oxygen atoms in total. The molecule has 0 aliphatic carbocycles. The Morgan fingerprint density at radius 2 is 2.05 bits per heavy atom. The molecule has 106 valence electrons. The zero-order chi connectivity index (χ0) is 14.6. The van der Waals surface area contributed by atoms with Gasteiger partial charge in [0, 0.05) is 6.54 Å². The van der Waals surface area contributed by atoms with Crippen LogP contribution in [0.4, 0.5) is 16.3 Å². The predicted octanol–water partition coefficient (Wildman–Crippen LogP) is 2.99. The van der Waals surface area contributed by atoms with Crippen LogP contribution in [0, 0.1) is 0 Å². The molecule has 1 aromatic rings. The van der Waals surface area contributed by atoms with Gasteiger partial charge in [0.25, 0.3) is 0 Å². The molecule has 1 rings (SSSR count). The predicted molar refractivity (Wildman–Crippen MR) is 77.3 cm³/mol. The third-order valence-electron chi connectivity index (χ3n) is 2.61. The Kier molecular flexibility index (Phi) is 4.75. The third kappa shape index (κ3) is 4.12. The summed E-state index contributed by atoms with van der Waals surface area (Å²) in [6.45, 7) is 9.95. The van der Waals surface area contributed by atoms with Crippen LogP contribution >= 0.6 is 0 Å². The molecule has 0 spiro atoms. The van der Waals surface area contributed by atoms with E-state index >= 15 is 0 Å². The van der Waals surface area contributed by atoms with Crippen LogP contribution in [0.1, 0.15) is 40.2 Å². The first kappa shape index (κ1) is 15.3. The molecular weight excluding hydrogens is 242 g/mol. The van der Waals surface area contributed by atoms with E-state index in [4.69, 9.17) is 10.5 Å². The minimum absolute atomic E-state index is 0.372. The molecule has 1 amide bonds. The summed E-state index contributed by atoms with van der Waals surface area (Å²) < 4.78 is 5.38. The number of hydrogen-bond donors (Lipinski definition) is 1. The third-order valence-corrected chi connectivity index (χ3v) is 2.61. The van der Waals surface area contributed by atoms with Crippen molar-refractivity contribution >= 4 is 17.6 Å². The van der Waals surface area contributed by atoms with E-state index in [1.165, 1.54) is 0 Å². The summed E-state index contributed by atoms with van der Waals surface area (Å²) in [6.07, 6.45) is 2.00. The summed E-state index contributed by atoms with van der Waals surface area (Å²) in [5, 5.41) is 0. The number of hydrogen-bond acceptors (Lipinski definition) is 4. The van der Waals surface area contributed by atoms with E-state index in [0.717, 1.165) is 12.0 Å². The van der Waals surface area contributed by atoms with Gasteiger partial charge in [-0.05, 0) is 45.7 Å². The number of carbonyl (C=O) groups is 1. The highest BCUT2D eigenvalue weighted by Gasteiger charge is 2.22. The molecular formula is C14H23N3O2. The Balaban J connectivity index is 3.00. The fourth-order valence-electron chi connectivity index (χ4n) is 1.67. The number of aryl methyl sites for hydroxylation is 1. The summed E-state index contributed by atoms with van der Waals surface area (Å²) in [6, 6.07) is 1.88. The van der Waals surface area contributed by atoms with Crippen molar-refractivity contribution in [1.29, 1.82) is 0 Å². The lowest BCUT2D eigenvalue weighted by molar-refractivity contribution is 0.0582. The molecule has 0 bridgehead atoms. The highest BCUT2D eigenvalue weighted by atomic mass is 16.6. The molecule has 19 heavy (non-hydrogen) atoms. The van der Waals surface area contributed by atoms with Crippen molar-refractivity contribution in [2.75, 3.05) is 17.2 Å². The van der Waals surface area contributed by atoms with Crippen LogP contribution in [0.2, 0.25) is 0 Å². The summed E-state index contributed by atoms with van der Waals surface area (Å²) in [5.74, 6) is 0.506. The smallest absolute Gasteiger partial charge is 0.414 e. The van der Waals surface area contributed by atoms with Gasteiger partial charge >= 0.3 is 6.09 Å². The Morgan fingerprint density at radius 1 is 1.42 bits per heavy atom. The number of ether oxygens (including phenoxy) is 1. The topological polar surface area (TPSA) is 68.5 Å². The van der Waals surface area contributed by atoms with E-state index in [1.54, 1.807) is 11.1 Å². The number of nitrogens with zero attached hydrogens (tertiary/aromatic N) is 2. The Hall–Kier alpha value is -1.78. The zero-order valence-corrected chi connectivity index (χ0v) is 12.4. The summed E-state index contributed by atoms with van der Waals surface area (Å²) in [5.41, 5.74) is 6.90. The number of anilines is 2. The van der Waals surface area contributed by atoms with Gasteiger partial charge in [0.1, 0.15) is 11.4 Å². The van der Waals surface area contributed by atoms with Gasteiger partial charge in [-0.25, -0.2) is 9.78 Å². The fraction of sp³-hybridized carbons (Fsp3) is 0.571. The van der Waals surface area contributed by atoms with Gasteiger partial charge < -0.3 is 10.5 Å². The lowest BCUT2D eigenvalue weighted by Crippen LogP contribution is -2.36. The van der Waals surface area contributed by atoms with E-state index in [1.807, 2.05) is 40.7 Å². The highest BCUT2D eigenvalue weighted by Crippen LogP contribution is 2.21. The van der Waals surface area contributed by atoms with E-state index in [0.29, 0.717) is 18.1 Å². The van der Waals surface area contributed by atoms with Crippen molar-refractivity contribution in [3.8, 4) is 0 Å². The molecule has 0 unspecified atom stereocenters. The van der Waals surface area contributed by atoms with E-state index < -0.39 is 5.60 Å². The minimum atomic E-state index is -0.515. The first-order valence-corrected chi connectivity index (χ1v) is 6.53. The van der Waals surface area contributed by atoms with Gasteiger partial charge in [-0.1, -0.05) is 6.92 Å². The SMILES string of the molecule is CCc1cc(N(CC)C(=O)OC(C)(C)C)cnc1N. The number of nitrogen functional groups attached to an aromatic ring is 1. The first-order valence-electron chi connectivity index (χ1n) is 6.53. The average Bonchev–Trinajstić information content (AvgIpc) is 2.29. The van der Waals surface area contributed by atoms with Crippen molar-refractivity contribution in [2.24, 2.45) is 0 Å². The van der Waals surface area contributed by atoms with Crippen molar-refractivity contribution in [1.82, 2.24) is 4.98 Å². The molecule has 2 N–H and O–H groups in total. The summed E-state index contributed by atoms with van der Waals surface area (Å²) >= 11 is 0. The maximum absolute atomic E-state index is 12.1. The van der Waals surface area contributed by atoms with Crippen LogP contribution in [0.3, 0.4) is 0 Å².